The molecule has 0 atom stereocenters. The average Bonchev–Trinajstić information content (AvgIpc) is 3.00. The number of aromatic nitrogens is 1. The molecule has 0 aliphatic heterocycles. The Bertz CT molecular complexity index is 1170. The Balaban J connectivity index is 2.30. The molecule has 0 radical (unpaired) electrons. The van der Waals surface area contributed by atoms with E-state index in [4.69, 9.17) is 0 Å². The highest BCUT2D eigenvalue weighted by Gasteiger charge is 2.56. The first-order chi connectivity index (χ1) is 13.9. The van der Waals surface area contributed by atoms with Crippen LogP contribution in [0.5, 0.6) is 0 Å². The minimum absolute atomic E-state index is 0.128. The molecule has 1 aromatic carbocycles. The van der Waals surface area contributed by atoms with Crippen molar-refractivity contribution < 1.29 is 19.5 Å². The van der Waals surface area contributed by atoms with Crippen LogP contribution in [0, 0.1) is 17.8 Å². The van der Waals surface area contributed by atoms with Gasteiger partial charge in [-0.1, -0.05) is 17.4 Å². The van der Waals surface area contributed by atoms with Crippen LogP contribution < -0.4 is 4.87 Å². The van der Waals surface area contributed by atoms with E-state index in [0.717, 1.165) is 16.0 Å². The number of rotatable bonds is 4. The van der Waals surface area contributed by atoms with Crippen LogP contribution >= 0.6 is 11.3 Å². The number of fused-ring (bicyclic) bond motifs is 1. The SMILES string of the molecule is C=CCCn1c(=O)sc2ccc(C(O)=C3C(=O)C(C)(C)C(=O)C(C)(C)C3=O)c(C)c21. The van der Waals surface area contributed by atoms with Gasteiger partial charge in [-0.25, -0.2) is 0 Å². The third-order valence-electron chi connectivity index (χ3n) is 5.86. The Hall–Kier alpha value is -2.80. The number of hydrogen-bond acceptors (Lipinski definition) is 6. The topological polar surface area (TPSA) is 93.4 Å². The largest absolute Gasteiger partial charge is 0.506 e. The average molecular weight is 428 g/mol. The fourth-order valence-corrected chi connectivity index (χ4v) is 5.06. The van der Waals surface area contributed by atoms with Crippen molar-refractivity contribution in [2.45, 2.75) is 47.6 Å². The maximum Gasteiger partial charge on any atom is 0.308 e. The van der Waals surface area contributed by atoms with Crippen LogP contribution in [-0.2, 0) is 20.9 Å². The maximum absolute atomic E-state index is 13.0. The van der Waals surface area contributed by atoms with Gasteiger partial charge in [0.05, 0.1) is 21.0 Å². The van der Waals surface area contributed by atoms with Crippen molar-refractivity contribution in [3.8, 4) is 0 Å². The number of aliphatic hydroxyl groups is 1. The molecule has 0 unspecified atom stereocenters. The van der Waals surface area contributed by atoms with Gasteiger partial charge < -0.3 is 5.11 Å². The summed E-state index contributed by atoms with van der Waals surface area (Å²) in [5.74, 6) is -2.30. The monoisotopic (exact) mass is 427 g/mol. The number of ketones is 3. The van der Waals surface area contributed by atoms with Crippen LogP contribution in [-0.4, -0.2) is 27.0 Å². The molecule has 7 heteroatoms. The van der Waals surface area contributed by atoms with Crippen molar-refractivity contribution in [3.63, 3.8) is 0 Å². The van der Waals surface area contributed by atoms with E-state index in [1.165, 1.54) is 27.7 Å². The molecule has 1 heterocycles. The highest BCUT2D eigenvalue weighted by atomic mass is 32.1. The summed E-state index contributed by atoms with van der Waals surface area (Å²) in [6.45, 7) is 11.8. The van der Waals surface area contributed by atoms with Gasteiger partial charge in [0.1, 0.15) is 11.3 Å². The predicted molar refractivity (Wildman–Crippen MR) is 118 cm³/mol. The van der Waals surface area contributed by atoms with E-state index in [0.29, 0.717) is 29.6 Å². The molecular weight excluding hydrogens is 402 g/mol. The molecule has 0 bridgehead atoms. The maximum atomic E-state index is 13.0. The van der Waals surface area contributed by atoms with Gasteiger partial charge in [-0.15, -0.1) is 6.58 Å². The molecule has 1 aliphatic carbocycles. The van der Waals surface area contributed by atoms with Gasteiger partial charge in [-0.05, 0) is 58.7 Å². The van der Waals surface area contributed by atoms with Gasteiger partial charge in [0, 0.05) is 12.1 Å². The number of benzene rings is 1. The third kappa shape index (κ3) is 2.99. The summed E-state index contributed by atoms with van der Waals surface area (Å²) >= 11 is 1.10. The molecule has 1 saturated carbocycles. The molecule has 0 amide bonds. The summed E-state index contributed by atoms with van der Waals surface area (Å²) in [5.41, 5.74) is -1.66. The van der Waals surface area contributed by atoms with Crippen LogP contribution in [0.2, 0.25) is 0 Å². The first kappa shape index (κ1) is 21.9. The van der Waals surface area contributed by atoms with Crippen molar-refractivity contribution >= 4 is 44.7 Å². The Morgan fingerprint density at radius 2 is 1.67 bits per heavy atom. The lowest BCUT2D eigenvalue weighted by atomic mass is 9.60. The molecule has 158 valence electrons. The number of carbonyl (C=O) groups excluding carboxylic acids is 3. The molecule has 2 aromatic rings. The molecule has 30 heavy (non-hydrogen) atoms. The quantitative estimate of drug-likeness (QED) is 0.262. The zero-order valence-corrected chi connectivity index (χ0v) is 18.6. The van der Waals surface area contributed by atoms with E-state index < -0.39 is 33.9 Å². The van der Waals surface area contributed by atoms with Crippen molar-refractivity contribution in [2.24, 2.45) is 10.8 Å². The standard InChI is InChI=1S/C23H25NO5S/c1-7-8-11-24-16-12(2)13(9-10-14(16)30-21(24)29)17(25)15-18(26)22(3,4)20(28)23(5,6)19(15)27/h7,9-10,25H,1,8,11H2,2-6H3. The van der Waals surface area contributed by atoms with Crippen LogP contribution in [0.25, 0.3) is 16.0 Å². The molecule has 1 N–H and O–H groups in total. The van der Waals surface area contributed by atoms with E-state index in [1.54, 1.807) is 29.7 Å². The van der Waals surface area contributed by atoms with Crippen molar-refractivity contribution in [2.75, 3.05) is 0 Å². The third-order valence-corrected chi connectivity index (χ3v) is 6.80. The molecule has 0 saturated heterocycles. The lowest BCUT2D eigenvalue weighted by Crippen LogP contribution is -2.54. The first-order valence-corrected chi connectivity index (χ1v) is 10.5. The van der Waals surface area contributed by atoms with E-state index in [9.17, 15) is 24.3 Å². The Kier molecular flexibility index (Phi) is 5.23. The van der Waals surface area contributed by atoms with Gasteiger partial charge in [0.15, 0.2) is 17.3 Å². The van der Waals surface area contributed by atoms with Gasteiger partial charge in [-0.3, -0.25) is 23.7 Å². The second-order valence-corrected chi connectivity index (χ2v) is 9.64. The summed E-state index contributed by atoms with van der Waals surface area (Å²) in [6, 6.07) is 3.30. The summed E-state index contributed by atoms with van der Waals surface area (Å²) < 4.78 is 2.36. The van der Waals surface area contributed by atoms with E-state index >= 15 is 0 Å². The molecule has 3 rings (SSSR count). The van der Waals surface area contributed by atoms with Crippen LogP contribution in [0.4, 0.5) is 0 Å². The number of aliphatic hydroxyl groups excluding tert-OH is 1. The van der Waals surface area contributed by atoms with Gasteiger partial charge >= 0.3 is 4.87 Å². The van der Waals surface area contributed by atoms with E-state index in [-0.39, 0.29) is 10.4 Å². The number of allylic oxidation sites excluding steroid dienone is 2. The molecule has 1 fully saturated rings. The smallest absolute Gasteiger partial charge is 0.308 e. The lowest BCUT2D eigenvalue weighted by molar-refractivity contribution is -0.151. The van der Waals surface area contributed by atoms with Crippen LogP contribution in [0.3, 0.4) is 0 Å². The van der Waals surface area contributed by atoms with Crippen molar-refractivity contribution in [1.29, 1.82) is 0 Å². The Morgan fingerprint density at radius 1 is 1.10 bits per heavy atom. The van der Waals surface area contributed by atoms with Gasteiger partial charge in [-0.2, -0.15) is 0 Å². The number of Topliss-reactive ketones (excluding diaryl/α,β-unsaturated/α-hetero) is 3. The normalized spacial score (nSPS) is 18.2. The summed E-state index contributed by atoms with van der Waals surface area (Å²) in [7, 11) is 0. The molecule has 6 nitrogen and oxygen atoms in total. The van der Waals surface area contributed by atoms with E-state index in [2.05, 4.69) is 6.58 Å². The van der Waals surface area contributed by atoms with Crippen LogP contribution in [0.1, 0.15) is 45.2 Å². The zero-order valence-electron chi connectivity index (χ0n) is 17.8. The Morgan fingerprint density at radius 3 is 2.20 bits per heavy atom. The van der Waals surface area contributed by atoms with Crippen molar-refractivity contribution in [3.05, 3.63) is 51.2 Å². The van der Waals surface area contributed by atoms with Crippen molar-refractivity contribution in [1.82, 2.24) is 4.57 Å². The lowest BCUT2D eigenvalue weighted by Gasteiger charge is -2.37. The second-order valence-electron chi connectivity index (χ2n) is 8.64. The predicted octanol–water partition coefficient (Wildman–Crippen LogP) is 3.99. The number of thiazole rings is 1. The fourth-order valence-electron chi connectivity index (χ4n) is 4.08. The number of aryl methyl sites for hydroxylation is 2. The number of carbonyl (C=O) groups is 3. The minimum atomic E-state index is -1.42. The van der Waals surface area contributed by atoms with Gasteiger partial charge in [0.2, 0.25) is 0 Å². The van der Waals surface area contributed by atoms with Crippen LogP contribution in [0.15, 0.2) is 35.2 Å². The van der Waals surface area contributed by atoms with E-state index in [1.807, 2.05) is 0 Å². The zero-order chi connectivity index (χ0) is 22.6. The highest BCUT2D eigenvalue weighted by Crippen LogP contribution is 2.43. The van der Waals surface area contributed by atoms with Gasteiger partial charge in [0.25, 0.3) is 0 Å². The Labute approximate surface area is 178 Å². The summed E-state index contributed by atoms with van der Waals surface area (Å²) in [4.78, 5) is 51.1. The summed E-state index contributed by atoms with van der Waals surface area (Å²) in [6.07, 6.45) is 2.32. The first-order valence-electron chi connectivity index (χ1n) is 9.69. The second kappa shape index (κ2) is 7.16. The molecular formula is C23H25NO5S. The highest BCUT2D eigenvalue weighted by molar-refractivity contribution is 7.16. The molecule has 1 aliphatic rings. The molecule has 0 spiro atoms. The number of nitrogens with zero attached hydrogens (tertiary/aromatic N) is 1. The minimum Gasteiger partial charge on any atom is -0.506 e. The fraction of sp³-hybridized carbons (Fsp3) is 0.391. The molecule has 1 aromatic heterocycles. The number of hydrogen-bond donors (Lipinski definition) is 1. The summed E-state index contributed by atoms with van der Waals surface area (Å²) in [5, 5.41) is 11.1.